The number of nitrogens with one attached hydrogen (secondary N) is 1. The van der Waals surface area contributed by atoms with E-state index in [1.165, 1.54) is 0 Å². The van der Waals surface area contributed by atoms with E-state index in [0.717, 1.165) is 13.0 Å². The fraction of sp³-hybridized carbons (Fsp3) is 0.417. The second kappa shape index (κ2) is 6.37. The summed E-state index contributed by atoms with van der Waals surface area (Å²) in [4.78, 5) is 0. The fourth-order valence-corrected chi connectivity index (χ4v) is 1.75. The molecule has 1 aromatic carbocycles. The van der Waals surface area contributed by atoms with Gasteiger partial charge < -0.3 is 4.74 Å². The molecule has 1 unspecified atom stereocenters. The summed E-state index contributed by atoms with van der Waals surface area (Å²) >= 11 is 6.09. The molecule has 0 aliphatic carbocycles. The highest BCUT2D eigenvalue weighted by atomic mass is 35.5. The van der Waals surface area contributed by atoms with Gasteiger partial charge in [-0.05, 0) is 25.1 Å². The molecule has 0 heterocycles. The van der Waals surface area contributed by atoms with Crippen molar-refractivity contribution in [3.05, 3.63) is 28.8 Å². The first-order valence-electron chi connectivity index (χ1n) is 5.20. The summed E-state index contributed by atoms with van der Waals surface area (Å²) in [6.45, 7) is 2.82. The van der Waals surface area contributed by atoms with Gasteiger partial charge in [0.05, 0.1) is 18.2 Å². The fourth-order valence-electron chi connectivity index (χ4n) is 1.48. The monoisotopic (exact) mass is 238 g/mol. The quantitative estimate of drug-likeness (QED) is 0.858. The number of methoxy groups -OCH3 is 1. The molecule has 0 aliphatic heterocycles. The van der Waals surface area contributed by atoms with Crippen molar-refractivity contribution in [2.45, 2.75) is 19.4 Å². The third-order valence-corrected chi connectivity index (χ3v) is 2.58. The standard InChI is InChI=1S/C12H15ClN2O/c1-3-7-15-10(8-14)12-9(13)5-4-6-11(12)16-2/h4-6,10,15H,3,7H2,1-2H3. The number of nitrogens with zero attached hydrogens (tertiary/aromatic N) is 1. The van der Waals surface area contributed by atoms with Crippen LogP contribution in [-0.4, -0.2) is 13.7 Å². The molecular formula is C12H15ClN2O. The normalized spacial score (nSPS) is 11.9. The molecule has 1 aromatic rings. The van der Waals surface area contributed by atoms with Gasteiger partial charge in [0.1, 0.15) is 11.8 Å². The summed E-state index contributed by atoms with van der Waals surface area (Å²) in [5.74, 6) is 0.641. The van der Waals surface area contributed by atoms with Crippen molar-refractivity contribution in [2.75, 3.05) is 13.7 Å². The van der Waals surface area contributed by atoms with Gasteiger partial charge in [-0.2, -0.15) is 5.26 Å². The van der Waals surface area contributed by atoms with Crippen LogP contribution in [0.2, 0.25) is 5.02 Å². The number of benzene rings is 1. The first-order chi connectivity index (χ1) is 7.74. The van der Waals surface area contributed by atoms with E-state index in [4.69, 9.17) is 21.6 Å². The minimum absolute atomic E-state index is 0.427. The van der Waals surface area contributed by atoms with E-state index in [9.17, 15) is 0 Å². The van der Waals surface area contributed by atoms with Crippen LogP contribution in [0.15, 0.2) is 18.2 Å². The zero-order valence-corrected chi connectivity index (χ0v) is 10.2. The van der Waals surface area contributed by atoms with Crippen LogP contribution in [0.5, 0.6) is 5.75 Å². The van der Waals surface area contributed by atoms with E-state index >= 15 is 0 Å². The van der Waals surface area contributed by atoms with Gasteiger partial charge in [0.25, 0.3) is 0 Å². The van der Waals surface area contributed by atoms with Crippen molar-refractivity contribution in [1.82, 2.24) is 5.32 Å². The molecule has 4 heteroatoms. The number of ether oxygens (including phenoxy) is 1. The van der Waals surface area contributed by atoms with Crippen molar-refractivity contribution >= 4 is 11.6 Å². The number of nitriles is 1. The van der Waals surface area contributed by atoms with Crippen LogP contribution >= 0.6 is 11.6 Å². The molecule has 3 nitrogen and oxygen atoms in total. The molecule has 0 amide bonds. The predicted molar refractivity (Wildman–Crippen MR) is 64.7 cm³/mol. The Balaban J connectivity index is 3.04. The molecule has 86 valence electrons. The smallest absolute Gasteiger partial charge is 0.126 e. The van der Waals surface area contributed by atoms with Crippen molar-refractivity contribution in [3.8, 4) is 11.8 Å². The van der Waals surface area contributed by atoms with Gasteiger partial charge in [-0.1, -0.05) is 24.6 Å². The largest absolute Gasteiger partial charge is 0.496 e. The molecule has 1 atom stereocenters. The van der Waals surface area contributed by atoms with Gasteiger partial charge in [-0.15, -0.1) is 0 Å². The van der Waals surface area contributed by atoms with Crippen LogP contribution < -0.4 is 10.1 Å². The summed E-state index contributed by atoms with van der Waals surface area (Å²) in [5.41, 5.74) is 0.711. The molecule has 0 radical (unpaired) electrons. The number of halogens is 1. The Bertz CT molecular complexity index is 387. The van der Waals surface area contributed by atoms with E-state index in [1.807, 2.05) is 6.92 Å². The highest BCUT2D eigenvalue weighted by molar-refractivity contribution is 6.31. The number of hydrogen-bond donors (Lipinski definition) is 1. The Kier molecular flexibility index (Phi) is 5.10. The lowest BCUT2D eigenvalue weighted by Crippen LogP contribution is -2.21. The molecule has 1 N–H and O–H groups in total. The molecule has 0 bridgehead atoms. The van der Waals surface area contributed by atoms with E-state index in [1.54, 1.807) is 25.3 Å². The molecule has 0 aromatic heterocycles. The number of hydrogen-bond acceptors (Lipinski definition) is 3. The van der Waals surface area contributed by atoms with Crippen LogP contribution in [0.4, 0.5) is 0 Å². The average Bonchev–Trinajstić information content (AvgIpc) is 2.31. The zero-order valence-electron chi connectivity index (χ0n) is 9.46. The average molecular weight is 239 g/mol. The lowest BCUT2D eigenvalue weighted by molar-refractivity contribution is 0.405. The van der Waals surface area contributed by atoms with Crippen LogP contribution in [0.1, 0.15) is 24.9 Å². The summed E-state index contributed by atoms with van der Waals surface area (Å²) in [6, 6.07) is 7.14. The Morgan fingerprint density at radius 3 is 2.88 bits per heavy atom. The molecular weight excluding hydrogens is 224 g/mol. The van der Waals surface area contributed by atoms with Crippen molar-refractivity contribution < 1.29 is 4.74 Å². The van der Waals surface area contributed by atoms with Gasteiger partial charge in [0, 0.05) is 5.56 Å². The maximum atomic E-state index is 9.12. The van der Waals surface area contributed by atoms with E-state index in [2.05, 4.69) is 11.4 Å². The second-order valence-electron chi connectivity index (χ2n) is 3.37. The van der Waals surface area contributed by atoms with Gasteiger partial charge in [-0.3, -0.25) is 5.32 Å². The Morgan fingerprint density at radius 2 is 2.31 bits per heavy atom. The molecule has 0 aliphatic rings. The predicted octanol–water partition coefficient (Wildman–Crippen LogP) is 2.91. The lowest BCUT2D eigenvalue weighted by atomic mass is 10.1. The second-order valence-corrected chi connectivity index (χ2v) is 3.78. The third kappa shape index (κ3) is 2.88. The highest BCUT2D eigenvalue weighted by Gasteiger charge is 2.17. The van der Waals surface area contributed by atoms with Crippen molar-refractivity contribution in [2.24, 2.45) is 0 Å². The topological polar surface area (TPSA) is 45.0 Å². The van der Waals surface area contributed by atoms with E-state index in [0.29, 0.717) is 16.3 Å². The van der Waals surface area contributed by atoms with E-state index in [-0.39, 0.29) is 0 Å². The Labute approximate surface area is 101 Å². The minimum atomic E-state index is -0.427. The Hall–Kier alpha value is -1.24. The first kappa shape index (κ1) is 12.8. The molecule has 0 spiro atoms. The third-order valence-electron chi connectivity index (χ3n) is 2.25. The van der Waals surface area contributed by atoms with Crippen molar-refractivity contribution in [3.63, 3.8) is 0 Å². The summed E-state index contributed by atoms with van der Waals surface area (Å²) < 4.78 is 5.21. The van der Waals surface area contributed by atoms with E-state index < -0.39 is 6.04 Å². The molecule has 16 heavy (non-hydrogen) atoms. The Morgan fingerprint density at radius 1 is 1.56 bits per heavy atom. The maximum Gasteiger partial charge on any atom is 0.126 e. The zero-order chi connectivity index (χ0) is 12.0. The van der Waals surface area contributed by atoms with Gasteiger partial charge >= 0.3 is 0 Å². The van der Waals surface area contributed by atoms with Crippen LogP contribution in [0, 0.1) is 11.3 Å². The van der Waals surface area contributed by atoms with Crippen LogP contribution in [0.3, 0.4) is 0 Å². The van der Waals surface area contributed by atoms with Gasteiger partial charge in [0.2, 0.25) is 0 Å². The molecule has 0 saturated carbocycles. The number of rotatable bonds is 5. The summed E-state index contributed by atoms with van der Waals surface area (Å²) in [7, 11) is 1.57. The highest BCUT2D eigenvalue weighted by Crippen LogP contribution is 2.31. The minimum Gasteiger partial charge on any atom is -0.496 e. The van der Waals surface area contributed by atoms with Crippen LogP contribution in [-0.2, 0) is 0 Å². The van der Waals surface area contributed by atoms with Gasteiger partial charge in [0.15, 0.2) is 0 Å². The maximum absolute atomic E-state index is 9.12. The summed E-state index contributed by atoms with van der Waals surface area (Å²) in [6.07, 6.45) is 0.963. The molecule has 0 saturated heterocycles. The van der Waals surface area contributed by atoms with Crippen LogP contribution in [0.25, 0.3) is 0 Å². The van der Waals surface area contributed by atoms with Crippen molar-refractivity contribution in [1.29, 1.82) is 5.26 Å². The van der Waals surface area contributed by atoms with Gasteiger partial charge in [-0.25, -0.2) is 0 Å². The lowest BCUT2D eigenvalue weighted by Gasteiger charge is -2.16. The summed E-state index contributed by atoms with van der Waals surface area (Å²) in [5, 5.41) is 12.8. The molecule has 1 rings (SSSR count). The first-order valence-corrected chi connectivity index (χ1v) is 5.57. The SMILES string of the molecule is CCCNC(C#N)c1c(Cl)cccc1OC. The molecule has 0 fully saturated rings.